The molecule has 0 saturated carbocycles. The van der Waals surface area contributed by atoms with E-state index >= 15 is 0 Å². The molecule has 0 heterocycles. The molecular weight excluding hydrogens is 523 g/mol. The lowest BCUT2D eigenvalue weighted by Crippen LogP contribution is -2.27. The molecule has 0 atom stereocenters. The Morgan fingerprint density at radius 2 is 0.882 bits per heavy atom. The molecule has 5 aromatic rings. The fraction of sp³-hybridized carbons (Fsp3) is 0.0303. The summed E-state index contributed by atoms with van der Waals surface area (Å²) in [5, 5.41) is 0. The molecule has 6 rings (SSSR count). The molecule has 0 bridgehead atoms. The van der Waals surface area contributed by atoms with Crippen LogP contribution in [0.15, 0.2) is 140 Å². The third kappa shape index (κ3) is 3.43. The lowest BCUT2D eigenvalue weighted by molar-refractivity contribution is 0.780. The van der Waals surface area contributed by atoms with Crippen molar-refractivity contribution in [2.75, 3.05) is 0 Å². The Kier molecular flexibility index (Phi) is 5.43. The third-order valence-corrected chi connectivity index (χ3v) is 7.50. The maximum Gasteiger partial charge on any atom is 0.0641 e. The van der Waals surface area contributed by atoms with E-state index in [1.54, 1.807) is 0 Å². The van der Waals surface area contributed by atoms with Crippen LogP contribution in [0.4, 0.5) is 0 Å². The number of hydrogen-bond donors (Lipinski definition) is 0. The molecule has 0 nitrogen and oxygen atoms in total. The van der Waals surface area contributed by atoms with Crippen LogP contribution in [0.1, 0.15) is 27.8 Å². The van der Waals surface area contributed by atoms with Gasteiger partial charge in [-0.05, 0) is 79.2 Å². The van der Waals surface area contributed by atoms with Gasteiger partial charge in [-0.2, -0.15) is 0 Å². The number of rotatable bonds is 4. The first kappa shape index (κ1) is 21.1. The van der Waals surface area contributed by atoms with Crippen molar-refractivity contribution < 1.29 is 0 Å². The van der Waals surface area contributed by atoms with Gasteiger partial charge < -0.3 is 0 Å². The normalized spacial score (nSPS) is 13.5. The molecule has 0 spiro atoms. The monoisotopic (exact) mass is 546 g/mol. The maximum atomic E-state index is 2.51. The van der Waals surface area contributed by atoms with E-state index < -0.39 is 5.41 Å². The number of hydrogen-bond acceptors (Lipinski definition) is 0. The number of benzene rings is 5. The van der Waals surface area contributed by atoms with Gasteiger partial charge in [0.15, 0.2) is 0 Å². The standard InChI is InChI=1S/C33H23I/c34-27-20-21-30-28-18-10-11-19-29(28)32(31(30)22-27)23-33(24-12-4-1-5-13-24,25-14-6-2-7-15-25)26-16-8-3-9-17-26/h1-23H/b32-23+. The van der Waals surface area contributed by atoms with Gasteiger partial charge in [-0.15, -0.1) is 0 Å². The first-order valence-corrected chi connectivity index (χ1v) is 12.6. The van der Waals surface area contributed by atoms with Crippen molar-refractivity contribution in [1.82, 2.24) is 0 Å². The Morgan fingerprint density at radius 3 is 1.41 bits per heavy atom. The number of allylic oxidation sites excluding steroid dienone is 1. The molecule has 0 aliphatic heterocycles. The van der Waals surface area contributed by atoms with Crippen LogP contribution in [0.2, 0.25) is 0 Å². The van der Waals surface area contributed by atoms with Crippen molar-refractivity contribution in [3.05, 3.63) is 171 Å². The summed E-state index contributed by atoms with van der Waals surface area (Å²) in [6.07, 6.45) is 2.51. The van der Waals surface area contributed by atoms with Gasteiger partial charge in [0.1, 0.15) is 0 Å². The molecule has 0 aromatic heterocycles. The molecule has 0 N–H and O–H groups in total. The van der Waals surface area contributed by atoms with Crippen LogP contribution in [0.5, 0.6) is 0 Å². The summed E-state index contributed by atoms with van der Waals surface area (Å²) < 4.78 is 1.25. The Hall–Kier alpha value is -3.43. The molecule has 1 aliphatic rings. The minimum atomic E-state index is -0.435. The second kappa shape index (κ2) is 8.73. The van der Waals surface area contributed by atoms with E-state index in [4.69, 9.17) is 0 Å². The Morgan fingerprint density at radius 1 is 0.441 bits per heavy atom. The molecule has 5 aromatic carbocycles. The zero-order valence-electron chi connectivity index (χ0n) is 18.7. The van der Waals surface area contributed by atoms with Gasteiger partial charge in [0.05, 0.1) is 5.41 Å². The minimum absolute atomic E-state index is 0.435. The third-order valence-electron chi connectivity index (χ3n) is 6.83. The lowest BCUT2D eigenvalue weighted by atomic mass is 9.68. The zero-order chi connectivity index (χ0) is 23.0. The van der Waals surface area contributed by atoms with Crippen LogP contribution in [-0.4, -0.2) is 0 Å². The van der Waals surface area contributed by atoms with Crippen molar-refractivity contribution in [3.63, 3.8) is 0 Å². The summed E-state index contributed by atoms with van der Waals surface area (Å²) in [7, 11) is 0. The topological polar surface area (TPSA) is 0 Å². The molecule has 0 fully saturated rings. The Labute approximate surface area is 214 Å². The van der Waals surface area contributed by atoms with Gasteiger partial charge in [0.2, 0.25) is 0 Å². The minimum Gasteiger partial charge on any atom is -0.0622 e. The van der Waals surface area contributed by atoms with Crippen molar-refractivity contribution in [1.29, 1.82) is 0 Å². The summed E-state index contributed by atoms with van der Waals surface area (Å²) >= 11 is 2.43. The van der Waals surface area contributed by atoms with Crippen LogP contribution in [0, 0.1) is 3.57 Å². The van der Waals surface area contributed by atoms with E-state index in [1.807, 2.05) is 0 Å². The van der Waals surface area contributed by atoms with Crippen LogP contribution in [0.3, 0.4) is 0 Å². The first-order valence-electron chi connectivity index (χ1n) is 11.6. The molecular formula is C33H23I. The number of fused-ring (bicyclic) bond motifs is 3. The van der Waals surface area contributed by atoms with Gasteiger partial charge in [-0.3, -0.25) is 0 Å². The predicted molar refractivity (Wildman–Crippen MR) is 151 cm³/mol. The second-order valence-electron chi connectivity index (χ2n) is 8.70. The maximum absolute atomic E-state index is 2.51. The highest BCUT2D eigenvalue weighted by Crippen LogP contribution is 2.49. The van der Waals surface area contributed by atoms with Crippen LogP contribution >= 0.6 is 22.6 Å². The molecule has 0 unspecified atom stereocenters. The molecule has 34 heavy (non-hydrogen) atoms. The molecule has 0 amide bonds. The smallest absolute Gasteiger partial charge is 0.0622 e. The van der Waals surface area contributed by atoms with E-state index in [-0.39, 0.29) is 0 Å². The van der Waals surface area contributed by atoms with E-state index in [1.165, 1.54) is 48.1 Å². The highest BCUT2D eigenvalue weighted by molar-refractivity contribution is 14.1. The van der Waals surface area contributed by atoms with Crippen molar-refractivity contribution in [3.8, 4) is 11.1 Å². The van der Waals surface area contributed by atoms with Crippen molar-refractivity contribution >= 4 is 28.2 Å². The van der Waals surface area contributed by atoms with Gasteiger partial charge in [0, 0.05) is 3.57 Å². The quantitative estimate of drug-likeness (QED) is 0.153. The highest BCUT2D eigenvalue weighted by Gasteiger charge is 2.36. The lowest BCUT2D eigenvalue weighted by Gasteiger charge is -2.34. The summed E-state index contributed by atoms with van der Waals surface area (Å²) in [5.74, 6) is 0. The Bertz CT molecular complexity index is 1390. The van der Waals surface area contributed by atoms with Gasteiger partial charge in [0.25, 0.3) is 0 Å². The van der Waals surface area contributed by atoms with Crippen molar-refractivity contribution in [2.45, 2.75) is 5.41 Å². The number of halogens is 1. The highest BCUT2D eigenvalue weighted by atomic mass is 127. The van der Waals surface area contributed by atoms with E-state index in [9.17, 15) is 0 Å². The molecule has 1 aliphatic carbocycles. The summed E-state index contributed by atoms with van der Waals surface area (Å²) in [5.41, 5.74) is 9.86. The van der Waals surface area contributed by atoms with Gasteiger partial charge in [-0.1, -0.05) is 127 Å². The summed E-state index contributed by atoms with van der Waals surface area (Å²) in [6, 6.07) is 48.3. The molecule has 0 saturated heterocycles. The SMILES string of the molecule is Ic1ccc2c(c1)/C(=C/C(c1ccccc1)(c1ccccc1)c1ccccc1)c1ccccc1-2. The van der Waals surface area contributed by atoms with Gasteiger partial charge in [-0.25, -0.2) is 0 Å². The molecule has 1 heteroatoms. The zero-order valence-corrected chi connectivity index (χ0v) is 20.8. The average molecular weight is 546 g/mol. The molecule has 0 radical (unpaired) electrons. The fourth-order valence-corrected chi connectivity index (χ4v) is 5.79. The van der Waals surface area contributed by atoms with Gasteiger partial charge >= 0.3 is 0 Å². The van der Waals surface area contributed by atoms with Crippen molar-refractivity contribution in [2.24, 2.45) is 0 Å². The van der Waals surface area contributed by atoms with Crippen LogP contribution in [-0.2, 0) is 5.41 Å². The molecule has 162 valence electrons. The van der Waals surface area contributed by atoms with E-state index in [0.29, 0.717) is 0 Å². The summed E-state index contributed by atoms with van der Waals surface area (Å²) in [6.45, 7) is 0. The Balaban J connectivity index is 1.75. The van der Waals surface area contributed by atoms with E-state index in [2.05, 4.69) is 162 Å². The predicted octanol–water partition coefficient (Wildman–Crippen LogP) is 8.74. The van der Waals surface area contributed by atoms with E-state index in [0.717, 1.165) is 0 Å². The first-order chi connectivity index (χ1) is 16.8. The van der Waals surface area contributed by atoms with Crippen LogP contribution in [0.25, 0.3) is 16.7 Å². The second-order valence-corrected chi connectivity index (χ2v) is 9.95. The van der Waals surface area contributed by atoms with Crippen LogP contribution < -0.4 is 0 Å². The average Bonchev–Trinajstić information content (AvgIpc) is 3.21. The fourth-order valence-electron chi connectivity index (χ4n) is 5.30. The largest absolute Gasteiger partial charge is 0.0641 e. The summed E-state index contributed by atoms with van der Waals surface area (Å²) in [4.78, 5) is 0.